The van der Waals surface area contributed by atoms with Gasteiger partial charge in [-0.15, -0.1) is 0 Å². The summed E-state index contributed by atoms with van der Waals surface area (Å²) in [5.41, 5.74) is 1.92. The van der Waals surface area contributed by atoms with Gasteiger partial charge in [0, 0.05) is 6.54 Å². The van der Waals surface area contributed by atoms with Crippen molar-refractivity contribution >= 4 is 29.5 Å². The van der Waals surface area contributed by atoms with Crippen LogP contribution in [-0.4, -0.2) is 47.3 Å². The van der Waals surface area contributed by atoms with E-state index in [1.54, 1.807) is 11.8 Å². The van der Waals surface area contributed by atoms with Crippen molar-refractivity contribution in [3.63, 3.8) is 0 Å². The van der Waals surface area contributed by atoms with Crippen molar-refractivity contribution in [2.75, 3.05) is 6.54 Å². The van der Waals surface area contributed by atoms with E-state index in [1.807, 2.05) is 74.5 Å². The van der Waals surface area contributed by atoms with E-state index in [-0.39, 0.29) is 29.7 Å². The van der Waals surface area contributed by atoms with E-state index in [2.05, 4.69) is 15.5 Å². The van der Waals surface area contributed by atoms with Gasteiger partial charge < -0.3 is 15.5 Å². The molecule has 7 nitrogen and oxygen atoms in total. The Morgan fingerprint density at radius 1 is 0.909 bits per heavy atom. The smallest absolute Gasteiger partial charge is 0.246 e. The van der Waals surface area contributed by atoms with Gasteiger partial charge in [-0.2, -0.15) is 0 Å². The van der Waals surface area contributed by atoms with Crippen LogP contribution in [0.4, 0.5) is 0 Å². The lowest BCUT2D eigenvalue weighted by molar-refractivity contribution is -0.151. The summed E-state index contributed by atoms with van der Waals surface area (Å²) in [7, 11) is 0. The Hall–Kier alpha value is -2.90. The monoisotopic (exact) mass is 470 g/mol. The van der Waals surface area contributed by atoms with Crippen LogP contribution in [0, 0.1) is 5.92 Å². The maximum atomic E-state index is 13.2. The topological polar surface area (TPSA) is 90.5 Å². The molecule has 1 saturated heterocycles. The number of halogens is 1. The Balaban J connectivity index is 1.74. The molecule has 3 unspecified atom stereocenters. The number of nitrogens with zero attached hydrogens (tertiary/aromatic N) is 1. The first-order valence-corrected chi connectivity index (χ1v) is 11.6. The van der Waals surface area contributed by atoms with Gasteiger partial charge >= 0.3 is 0 Å². The second kappa shape index (κ2) is 11.3. The van der Waals surface area contributed by atoms with Crippen molar-refractivity contribution in [1.29, 1.82) is 0 Å². The molecule has 3 amide bonds. The minimum Gasteiger partial charge on any atom is -0.343 e. The molecule has 0 saturated carbocycles. The van der Waals surface area contributed by atoms with Gasteiger partial charge in [-0.25, -0.2) is 4.84 Å². The molecule has 0 aliphatic carbocycles. The van der Waals surface area contributed by atoms with E-state index in [9.17, 15) is 14.4 Å². The lowest BCUT2D eigenvalue weighted by Crippen LogP contribution is -2.64. The fourth-order valence-corrected chi connectivity index (χ4v) is 3.93. The van der Waals surface area contributed by atoms with Gasteiger partial charge in [0.05, 0.1) is 12.1 Å². The van der Waals surface area contributed by atoms with Crippen molar-refractivity contribution in [3.8, 4) is 0 Å². The van der Waals surface area contributed by atoms with Crippen molar-refractivity contribution in [1.82, 2.24) is 20.4 Å². The first-order valence-electron chi connectivity index (χ1n) is 11.2. The predicted octanol–water partition coefficient (Wildman–Crippen LogP) is 2.77. The average molecular weight is 471 g/mol. The van der Waals surface area contributed by atoms with Gasteiger partial charge in [0.2, 0.25) is 17.7 Å². The lowest BCUT2D eigenvalue weighted by atomic mass is 9.94. The number of hydrogen-bond acceptors (Lipinski definition) is 4. The number of carbonyl (C=O) groups is 3. The fourth-order valence-electron chi connectivity index (χ4n) is 3.83. The van der Waals surface area contributed by atoms with Crippen LogP contribution in [0.5, 0.6) is 0 Å². The molecule has 176 valence electrons. The van der Waals surface area contributed by atoms with Crippen molar-refractivity contribution in [2.24, 2.45) is 5.92 Å². The van der Waals surface area contributed by atoms with Crippen LogP contribution in [0.15, 0.2) is 60.7 Å². The number of hydrogen-bond donors (Lipinski definition) is 3. The highest BCUT2D eigenvalue weighted by Gasteiger charge is 2.42. The molecule has 1 heterocycles. The Labute approximate surface area is 200 Å². The van der Waals surface area contributed by atoms with E-state index in [0.29, 0.717) is 13.0 Å². The molecule has 0 spiro atoms. The average Bonchev–Trinajstić information content (AvgIpc) is 2.80. The predicted molar refractivity (Wildman–Crippen MR) is 128 cm³/mol. The molecule has 8 heteroatoms. The van der Waals surface area contributed by atoms with E-state index in [1.165, 1.54) is 0 Å². The highest BCUT2D eigenvalue weighted by molar-refractivity contribution is 6.15. The number of carbonyl (C=O) groups excluding carboxylic acids is 3. The van der Waals surface area contributed by atoms with Crippen molar-refractivity contribution in [3.05, 3.63) is 71.8 Å². The van der Waals surface area contributed by atoms with Crippen LogP contribution >= 0.6 is 11.8 Å². The fraction of sp³-hybridized carbons (Fsp3) is 0.400. The van der Waals surface area contributed by atoms with E-state index in [4.69, 9.17) is 11.8 Å². The Morgan fingerprint density at radius 2 is 1.45 bits per heavy atom. The van der Waals surface area contributed by atoms with Gasteiger partial charge in [-0.3, -0.25) is 14.4 Å². The third kappa shape index (κ3) is 5.92. The summed E-state index contributed by atoms with van der Waals surface area (Å²) in [5.74, 6) is -0.985. The number of amides is 3. The molecule has 0 radical (unpaired) electrons. The molecule has 0 bridgehead atoms. The molecule has 3 rings (SSSR count). The van der Waals surface area contributed by atoms with Crippen molar-refractivity contribution < 1.29 is 14.4 Å². The van der Waals surface area contributed by atoms with Gasteiger partial charge in [0.25, 0.3) is 0 Å². The maximum absolute atomic E-state index is 13.2. The minimum absolute atomic E-state index is 0.144. The van der Waals surface area contributed by atoms with E-state index < -0.39 is 18.1 Å². The summed E-state index contributed by atoms with van der Waals surface area (Å²) in [6.45, 7) is 5.80. The zero-order chi connectivity index (χ0) is 24.0. The first-order chi connectivity index (χ1) is 15.8. The number of likely N-dealkylation sites (tertiary alicyclic amines) is 1. The van der Waals surface area contributed by atoms with Crippen LogP contribution < -0.4 is 15.5 Å². The normalized spacial score (nSPS) is 17.3. The van der Waals surface area contributed by atoms with Crippen molar-refractivity contribution in [2.45, 2.75) is 51.4 Å². The molecule has 3 atom stereocenters. The zero-order valence-electron chi connectivity index (χ0n) is 19.1. The Bertz CT molecular complexity index is 915. The third-order valence-corrected chi connectivity index (χ3v) is 6.27. The van der Waals surface area contributed by atoms with Gasteiger partial charge in [-0.1, -0.05) is 74.5 Å². The zero-order valence-corrected chi connectivity index (χ0v) is 19.9. The molecule has 1 fully saturated rings. The molecule has 2 aromatic carbocycles. The van der Waals surface area contributed by atoms with Crippen LogP contribution in [0.2, 0.25) is 0 Å². The van der Waals surface area contributed by atoms with Gasteiger partial charge in [0.1, 0.15) is 12.1 Å². The lowest BCUT2D eigenvalue weighted by Gasteiger charge is -2.43. The molecular formula is C25H31ClN4O3. The summed E-state index contributed by atoms with van der Waals surface area (Å²) in [5, 5.41) is 5.88. The molecule has 3 N–H and O–H groups in total. The third-order valence-electron chi connectivity index (χ3n) is 5.95. The Morgan fingerprint density at radius 3 is 1.88 bits per heavy atom. The van der Waals surface area contributed by atoms with Crippen LogP contribution in [-0.2, 0) is 14.4 Å². The van der Waals surface area contributed by atoms with E-state index >= 15 is 0 Å². The summed E-state index contributed by atoms with van der Waals surface area (Å²) in [6.07, 6.45) is 0.576. The minimum atomic E-state index is -0.736. The highest BCUT2D eigenvalue weighted by Crippen LogP contribution is 2.25. The molecule has 0 aromatic heterocycles. The number of benzene rings is 2. The van der Waals surface area contributed by atoms with Gasteiger partial charge in [0.15, 0.2) is 0 Å². The summed E-state index contributed by atoms with van der Waals surface area (Å²) < 4.78 is 0. The molecule has 1 aliphatic heterocycles. The molecule has 2 aromatic rings. The highest BCUT2D eigenvalue weighted by atomic mass is 35.5. The van der Waals surface area contributed by atoms with Crippen LogP contribution in [0.1, 0.15) is 44.4 Å². The number of nitrogens with one attached hydrogen (secondary N) is 3. The largest absolute Gasteiger partial charge is 0.343 e. The van der Waals surface area contributed by atoms with Gasteiger partial charge in [-0.05, 0) is 42.2 Å². The molecule has 33 heavy (non-hydrogen) atoms. The number of rotatable bonds is 9. The quantitative estimate of drug-likeness (QED) is 0.491. The molecular weight excluding hydrogens is 440 g/mol. The second-order valence-corrected chi connectivity index (χ2v) is 8.88. The van der Waals surface area contributed by atoms with E-state index in [0.717, 1.165) is 11.1 Å². The second-order valence-electron chi connectivity index (χ2n) is 8.66. The standard InChI is InChI=1S/C25H31ClN4O3/c1-16(2)21(27-23(31)17(3)29-26)25(33)30-15-14-20(30)24(32)28-22(18-10-6-4-7-11-18)19-12-8-5-9-13-19/h4-13,16-17,20-22,29H,14-15H2,1-3H3,(H,27,31)(H,28,32). The molecule has 1 aliphatic rings. The van der Waals surface area contributed by atoms with Crippen LogP contribution in [0.25, 0.3) is 0 Å². The summed E-state index contributed by atoms with van der Waals surface area (Å²) in [6, 6.07) is 17.2. The Kier molecular flexibility index (Phi) is 8.47. The first kappa shape index (κ1) is 24.7. The van der Waals surface area contributed by atoms with Crippen LogP contribution in [0.3, 0.4) is 0 Å². The maximum Gasteiger partial charge on any atom is 0.246 e. The summed E-state index contributed by atoms with van der Waals surface area (Å²) in [4.78, 5) is 42.7. The summed E-state index contributed by atoms with van der Waals surface area (Å²) >= 11 is 5.55. The SMILES string of the molecule is CC(NCl)C(=O)NC(C(=O)N1CCC1C(=O)NC(c1ccccc1)c1ccccc1)C(C)C.